The second-order valence-corrected chi connectivity index (χ2v) is 4.80. The molecule has 0 radical (unpaired) electrons. The van der Waals surface area contributed by atoms with Gasteiger partial charge in [-0.2, -0.15) is 0 Å². The number of carboxylic acid groups (broad SMARTS) is 1. The molecule has 4 heteroatoms. The molecular formula is C15H23NO3. The van der Waals surface area contributed by atoms with E-state index in [-0.39, 0.29) is 6.54 Å². The van der Waals surface area contributed by atoms with Crippen molar-refractivity contribution in [2.45, 2.75) is 26.2 Å². The first kappa shape index (κ1) is 15.5. The molecule has 0 saturated heterocycles. The number of hydrogen-bond donors (Lipinski definition) is 1. The Morgan fingerprint density at radius 3 is 2.47 bits per heavy atom. The predicted molar refractivity (Wildman–Crippen MR) is 75.8 cm³/mol. The third-order valence-electron chi connectivity index (χ3n) is 3.12. The summed E-state index contributed by atoms with van der Waals surface area (Å²) in [6, 6.07) is 7.95. The summed E-state index contributed by atoms with van der Waals surface area (Å²) >= 11 is 0. The van der Waals surface area contributed by atoms with Crippen molar-refractivity contribution in [1.29, 1.82) is 0 Å². The minimum atomic E-state index is -0.768. The Morgan fingerprint density at radius 2 is 2.00 bits per heavy atom. The van der Waals surface area contributed by atoms with Crippen molar-refractivity contribution in [3.8, 4) is 5.75 Å². The molecule has 0 aliphatic heterocycles. The Balaban J connectivity index is 2.63. The first-order chi connectivity index (χ1) is 9.06. The highest BCUT2D eigenvalue weighted by atomic mass is 16.5. The minimum Gasteiger partial charge on any atom is -0.497 e. The number of ether oxygens (including phenoxy) is 1. The van der Waals surface area contributed by atoms with Gasteiger partial charge in [-0.1, -0.05) is 26.0 Å². The average molecular weight is 265 g/mol. The van der Waals surface area contributed by atoms with Crippen LogP contribution in [0, 0.1) is 0 Å². The molecule has 0 spiro atoms. The smallest absolute Gasteiger partial charge is 0.317 e. The Hall–Kier alpha value is -1.55. The van der Waals surface area contributed by atoms with Gasteiger partial charge in [-0.15, -0.1) is 0 Å². The summed E-state index contributed by atoms with van der Waals surface area (Å²) in [6.45, 7) is 5.85. The van der Waals surface area contributed by atoms with Crippen molar-refractivity contribution in [3.63, 3.8) is 0 Å². The van der Waals surface area contributed by atoms with E-state index in [2.05, 4.69) is 13.8 Å². The van der Waals surface area contributed by atoms with Crippen LogP contribution in [0.5, 0.6) is 5.75 Å². The lowest BCUT2D eigenvalue weighted by atomic mass is 10.0. The van der Waals surface area contributed by atoms with Gasteiger partial charge in [0.15, 0.2) is 0 Å². The van der Waals surface area contributed by atoms with Crippen LogP contribution in [-0.4, -0.2) is 42.7 Å². The number of hydrogen-bond acceptors (Lipinski definition) is 3. The van der Waals surface area contributed by atoms with Gasteiger partial charge in [0.25, 0.3) is 0 Å². The van der Waals surface area contributed by atoms with Crippen molar-refractivity contribution < 1.29 is 14.6 Å². The normalized spacial score (nSPS) is 12.4. The Bertz CT molecular complexity index is 389. The largest absolute Gasteiger partial charge is 0.497 e. The van der Waals surface area contributed by atoms with Crippen LogP contribution in [0.3, 0.4) is 0 Å². The average Bonchev–Trinajstić information content (AvgIpc) is 2.38. The van der Waals surface area contributed by atoms with Crippen molar-refractivity contribution in [2.24, 2.45) is 0 Å². The lowest BCUT2D eigenvalue weighted by Gasteiger charge is -2.23. The van der Waals surface area contributed by atoms with Crippen molar-refractivity contribution in [1.82, 2.24) is 4.90 Å². The molecule has 1 N–H and O–H groups in total. The first-order valence-corrected chi connectivity index (χ1v) is 6.65. The van der Waals surface area contributed by atoms with Crippen LogP contribution in [0.2, 0.25) is 0 Å². The van der Waals surface area contributed by atoms with Crippen LogP contribution in [0.25, 0.3) is 0 Å². The highest BCUT2D eigenvalue weighted by Gasteiger charge is 2.14. The van der Waals surface area contributed by atoms with Gasteiger partial charge in [-0.3, -0.25) is 9.69 Å². The molecular weight excluding hydrogens is 242 g/mol. The summed E-state index contributed by atoms with van der Waals surface area (Å²) in [6.07, 6.45) is 0.961. The fraction of sp³-hybridized carbons (Fsp3) is 0.533. The molecule has 0 aliphatic carbocycles. The first-order valence-electron chi connectivity index (χ1n) is 6.65. The quantitative estimate of drug-likeness (QED) is 0.785. The lowest BCUT2D eigenvalue weighted by Crippen LogP contribution is -2.33. The third kappa shape index (κ3) is 5.30. The number of benzene rings is 1. The van der Waals surface area contributed by atoms with E-state index in [0.29, 0.717) is 5.92 Å². The molecule has 106 valence electrons. The molecule has 1 unspecified atom stereocenters. The molecule has 0 bridgehead atoms. The highest BCUT2D eigenvalue weighted by molar-refractivity contribution is 5.69. The molecule has 1 atom stereocenters. The summed E-state index contributed by atoms with van der Waals surface area (Å²) < 4.78 is 5.13. The van der Waals surface area contributed by atoms with Crippen molar-refractivity contribution >= 4 is 5.97 Å². The van der Waals surface area contributed by atoms with Gasteiger partial charge < -0.3 is 9.84 Å². The maximum Gasteiger partial charge on any atom is 0.317 e. The van der Waals surface area contributed by atoms with Gasteiger partial charge in [-0.25, -0.2) is 0 Å². The molecule has 0 heterocycles. The maximum atomic E-state index is 10.8. The summed E-state index contributed by atoms with van der Waals surface area (Å²) in [7, 11) is 1.65. The van der Waals surface area contributed by atoms with Crippen LogP contribution in [0.15, 0.2) is 24.3 Å². The maximum absolute atomic E-state index is 10.8. The molecule has 1 aromatic rings. The van der Waals surface area contributed by atoms with Gasteiger partial charge in [0.05, 0.1) is 13.7 Å². The van der Waals surface area contributed by atoms with Crippen LogP contribution >= 0.6 is 0 Å². The summed E-state index contributed by atoms with van der Waals surface area (Å²) in [5.41, 5.74) is 1.20. The monoisotopic (exact) mass is 265 g/mol. The molecule has 0 amide bonds. The van der Waals surface area contributed by atoms with E-state index < -0.39 is 5.97 Å². The molecule has 0 aliphatic rings. The predicted octanol–water partition coefficient (Wildman–Crippen LogP) is 2.60. The SMILES string of the molecule is CCCN(CC(=O)O)CC(C)c1ccc(OC)cc1. The van der Waals surface area contributed by atoms with Gasteiger partial charge >= 0.3 is 5.97 Å². The van der Waals surface area contributed by atoms with Crippen molar-refractivity contribution in [3.05, 3.63) is 29.8 Å². The molecule has 1 aromatic carbocycles. The summed E-state index contributed by atoms with van der Waals surface area (Å²) in [4.78, 5) is 12.8. The lowest BCUT2D eigenvalue weighted by molar-refractivity contribution is -0.138. The topological polar surface area (TPSA) is 49.8 Å². The molecule has 1 rings (SSSR count). The molecule has 19 heavy (non-hydrogen) atoms. The Morgan fingerprint density at radius 1 is 1.37 bits per heavy atom. The minimum absolute atomic E-state index is 0.105. The second-order valence-electron chi connectivity index (χ2n) is 4.80. The summed E-state index contributed by atoms with van der Waals surface area (Å²) in [5, 5.41) is 8.90. The Labute approximate surface area is 115 Å². The zero-order valence-electron chi connectivity index (χ0n) is 11.9. The van der Waals surface area contributed by atoms with E-state index in [1.807, 2.05) is 29.2 Å². The molecule has 0 saturated carbocycles. The number of nitrogens with zero attached hydrogens (tertiary/aromatic N) is 1. The fourth-order valence-corrected chi connectivity index (χ4v) is 2.17. The second kappa shape index (κ2) is 7.79. The van der Waals surface area contributed by atoms with Gasteiger partial charge in [0.2, 0.25) is 0 Å². The van der Waals surface area contributed by atoms with E-state index >= 15 is 0 Å². The van der Waals surface area contributed by atoms with E-state index in [4.69, 9.17) is 9.84 Å². The van der Waals surface area contributed by atoms with Crippen molar-refractivity contribution in [2.75, 3.05) is 26.7 Å². The van der Waals surface area contributed by atoms with E-state index in [9.17, 15) is 4.79 Å². The van der Waals surface area contributed by atoms with Crippen LogP contribution in [0.4, 0.5) is 0 Å². The molecule has 4 nitrogen and oxygen atoms in total. The number of carboxylic acids is 1. The number of methoxy groups -OCH3 is 1. The molecule has 0 aromatic heterocycles. The third-order valence-corrected chi connectivity index (χ3v) is 3.12. The number of rotatable bonds is 8. The van der Waals surface area contributed by atoms with Gasteiger partial charge in [0, 0.05) is 6.54 Å². The molecule has 0 fully saturated rings. The summed E-state index contributed by atoms with van der Waals surface area (Å²) in [5.74, 6) is 0.374. The van der Waals surface area contributed by atoms with Crippen LogP contribution in [-0.2, 0) is 4.79 Å². The standard InChI is InChI=1S/C15H23NO3/c1-4-9-16(11-15(17)18)10-12(2)13-5-7-14(19-3)8-6-13/h5-8,12H,4,9-11H2,1-3H3,(H,17,18). The van der Waals surface area contributed by atoms with E-state index in [0.717, 1.165) is 25.3 Å². The van der Waals surface area contributed by atoms with E-state index in [1.165, 1.54) is 5.56 Å². The van der Waals surface area contributed by atoms with E-state index in [1.54, 1.807) is 7.11 Å². The zero-order valence-corrected chi connectivity index (χ0v) is 11.9. The number of carbonyl (C=O) groups is 1. The Kier molecular flexibility index (Phi) is 6.36. The fourth-order valence-electron chi connectivity index (χ4n) is 2.17. The van der Waals surface area contributed by atoms with Gasteiger partial charge in [0.1, 0.15) is 5.75 Å². The van der Waals surface area contributed by atoms with Crippen LogP contribution < -0.4 is 4.74 Å². The van der Waals surface area contributed by atoms with Crippen LogP contribution in [0.1, 0.15) is 31.7 Å². The zero-order chi connectivity index (χ0) is 14.3. The highest BCUT2D eigenvalue weighted by Crippen LogP contribution is 2.20. The van der Waals surface area contributed by atoms with Gasteiger partial charge in [-0.05, 0) is 36.6 Å². The number of aliphatic carboxylic acids is 1.